The third-order valence-electron chi connectivity index (χ3n) is 1.99. The summed E-state index contributed by atoms with van der Waals surface area (Å²) < 4.78 is 35.9. The molecule has 1 fully saturated rings. The molecule has 1 aliphatic rings. The topological polar surface area (TPSA) is 52.9 Å². The second-order valence-electron chi connectivity index (χ2n) is 2.99. The van der Waals surface area contributed by atoms with Gasteiger partial charge in [0, 0.05) is 6.54 Å². The predicted molar refractivity (Wildman–Crippen MR) is 36.3 cm³/mol. The van der Waals surface area contributed by atoms with E-state index in [1.807, 2.05) is 0 Å². The Balaban J connectivity index is 2.84. The van der Waals surface area contributed by atoms with Crippen LogP contribution in [0.25, 0.3) is 0 Å². The molecule has 13 heavy (non-hydrogen) atoms. The summed E-state index contributed by atoms with van der Waals surface area (Å²) >= 11 is 0. The van der Waals surface area contributed by atoms with Crippen LogP contribution in [0.1, 0.15) is 12.8 Å². The van der Waals surface area contributed by atoms with Gasteiger partial charge >= 0.3 is 6.18 Å². The summed E-state index contributed by atoms with van der Waals surface area (Å²) in [5.74, 6) is -0.813. The van der Waals surface area contributed by atoms with Gasteiger partial charge in [0.2, 0.25) is 5.91 Å². The van der Waals surface area contributed by atoms with Crippen LogP contribution in [0.3, 0.4) is 0 Å². The highest BCUT2D eigenvalue weighted by atomic mass is 19.4. The van der Waals surface area contributed by atoms with Gasteiger partial charge in [-0.15, -0.1) is 0 Å². The molecule has 0 spiro atoms. The van der Waals surface area contributed by atoms with Gasteiger partial charge in [-0.05, 0) is 6.42 Å². The number of hydrogen-bond acceptors (Lipinski definition) is 2. The molecule has 0 aromatic carbocycles. The van der Waals surface area contributed by atoms with Crippen LogP contribution in [0.2, 0.25) is 0 Å². The fourth-order valence-corrected chi connectivity index (χ4v) is 1.33. The molecule has 0 aliphatic carbocycles. The highest BCUT2D eigenvalue weighted by Gasteiger charge is 2.50. The summed E-state index contributed by atoms with van der Waals surface area (Å²) in [6.07, 6.45) is -5.90. The zero-order valence-electron chi connectivity index (χ0n) is 6.61. The molecule has 1 rings (SSSR count). The average Bonchev–Trinajstić information content (AvgIpc) is 2.30. The maximum Gasteiger partial charge on any atom is 0.391 e. The van der Waals surface area contributed by atoms with Crippen molar-refractivity contribution in [3.8, 4) is 6.07 Å². The first-order valence-electron chi connectivity index (χ1n) is 3.66. The molecule has 0 radical (unpaired) electrons. The van der Waals surface area contributed by atoms with Crippen LogP contribution in [-0.2, 0) is 4.79 Å². The van der Waals surface area contributed by atoms with Gasteiger partial charge in [0.1, 0.15) is 5.41 Å². The fraction of sp³-hybridized carbons (Fsp3) is 0.714. The number of nitriles is 1. The lowest BCUT2D eigenvalue weighted by Gasteiger charge is -2.18. The van der Waals surface area contributed by atoms with Crippen LogP contribution in [0.5, 0.6) is 0 Å². The Morgan fingerprint density at radius 1 is 1.62 bits per heavy atom. The SMILES string of the molecule is N#CC1(CC(F)(F)F)CCNC1=O. The summed E-state index contributed by atoms with van der Waals surface area (Å²) in [4.78, 5) is 11.0. The molecule has 0 aromatic rings. The first-order valence-corrected chi connectivity index (χ1v) is 3.66. The molecule has 1 atom stereocenters. The van der Waals surface area contributed by atoms with Gasteiger partial charge in [0.25, 0.3) is 0 Å². The minimum atomic E-state index is -4.47. The number of carbonyl (C=O) groups is 1. The van der Waals surface area contributed by atoms with Crippen molar-refractivity contribution in [2.45, 2.75) is 19.0 Å². The molecule has 1 amide bonds. The summed E-state index contributed by atoms with van der Waals surface area (Å²) in [6, 6.07) is 1.45. The molecule has 1 N–H and O–H groups in total. The summed E-state index contributed by atoms with van der Waals surface area (Å²) in [5.41, 5.74) is -1.89. The number of nitrogens with one attached hydrogen (secondary N) is 1. The van der Waals surface area contributed by atoms with E-state index < -0.39 is 23.9 Å². The minimum absolute atomic E-state index is 0.0676. The highest BCUT2D eigenvalue weighted by molar-refractivity contribution is 5.87. The summed E-state index contributed by atoms with van der Waals surface area (Å²) in [7, 11) is 0. The van der Waals surface area contributed by atoms with E-state index in [2.05, 4.69) is 5.32 Å². The van der Waals surface area contributed by atoms with E-state index in [1.165, 1.54) is 6.07 Å². The predicted octanol–water partition coefficient (Wildman–Crippen LogP) is 0.969. The van der Waals surface area contributed by atoms with Crippen LogP contribution in [0.15, 0.2) is 0 Å². The van der Waals surface area contributed by atoms with Crippen molar-refractivity contribution >= 4 is 5.91 Å². The van der Waals surface area contributed by atoms with Gasteiger partial charge in [-0.3, -0.25) is 4.79 Å². The number of halogens is 3. The van der Waals surface area contributed by atoms with Gasteiger partial charge in [-0.25, -0.2) is 0 Å². The summed E-state index contributed by atoms with van der Waals surface area (Å²) in [6.45, 7) is 0.141. The lowest BCUT2D eigenvalue weighted by molar-refractivity contribution is -0.159. The van der Waals surface area contributed by atoms with E-state index in [0.29, 0.717) is 0 Å². The zero-order valence-corrected chi connectivity index (χ0v) is 6.61. The monoisotopic (exact) mass is 192 g/mol. The first-order chi connectivity index (χ1) is 5.90. The maximum atomic E-state index is 12.0. The standard InChI is InChI=1S/C7H7F3N2O/c8-7(9,10)3-6(4-11)1-2-12-5(6)13/h1-3H2,(H,12,13). The van der Waals surface area contributed by atoms with Crippen LogP contribution in [-0.4, -0.2) is 18.6 Å². The molecule has 0 bridgehead atoms. The van der Waals surface area contributed by atoms with Crippen molar-refractivity contribution < 1.29 is 18.0 Å². The quantitative estimate of drug-likeness (QED) is 0.672. The smallest absolute Gasteiger partial charge is 0.355 e. The van der Waals surface area contributed by atoms with Crippen molar-refractivity contribution in [2.24, 2.45) is 5.41 Å². The van der Waals surface area contributed by atoms with E-state index in [0.717, 1.165) is 0 Å². The van der Waals surface area contributed by atoms with E-state index in [4.69, 9.17) is 5.26 Å². The molecular formula is C7H7F3N2O. The molecule has 1 heterocycles. The molecule has 0 saturated carbocycles. The second kappa shape index (κ2) is 2.91. The van der Waals surface area contributed by atoms with Gasteiger partial charge in [-0.2, -0.15) is 18.4 Å². The average molecular weight is 192 g/mol. The van der Waals surface area contributed by atoms with Crippen molar-refractivity contribution in [2.75, 3.05) is 6.54 Å². The number of rotatable bonds is 1. The highest BCUT2D eigenvalue weighted by Crippen LogP contribution is 2.38. The Hall–Kier alpha value is -1.25. The number of amides is 1. The number of carbonyl (C=O) groups excluding carboxylic acids is 1. The van der Waals surface area contributed by atoms with Crippen LogP contribution in [0, 0.1) is 16.7 Å². The Morgan fingerprint density at radius 3 is 2.54 bits per heavy atom. The molecule has 72 valence electrons. The number of nitrogens with zero attached hydrogens (tertiary/aromatic N) is 1. The number of alkyl halides is 3. The molecule has 1 aliphatic heterocycles. The zero-order chi connectivity index (χ0) is 10.1. The molecule has 3 nitrogen and oxygen atoms in total. The van der Waals surface area contributed by atoms with Crippen LogP contribution >= 0.6 is 0 Å². The largest absolute Gasteiger partial charge is 0.391 e. The molecule has 6 heteroatoms. The Labute approximate surface area is 72.5 Å². The third kappa shape index (κ3) is 1.91. The van der Waals surface area contributed by atoms with Gasteiger partial charge < -0.3 is 5.32 Å². The van der Waals surface area contributed by atoms with Gasteiger partial charge in [0.05, 0.1) is 12.5 Å². The van der Waals surface area contributed by atoms with Crippen molar-refractivity contribution in [3.63, 3.8) is 0 Å². The molecular weight excluding hydrogens is 185 g/mol. The van der Waals surface area contributed by atoms with Crippen molar-refractivity contribution in [3.05, 3.63) is 0 Å². The van der Waals surface area contributed by atoms with Crippen molar-refractivity contribution in [1.82, 2.24) is 5.32 Å². The molecule has 1 saturated heterocycles. The Morgan fingerprint density at radius 2 is 2.23 bits per heavy atom. The van der Waals surface area contributed by atoms with Gasteiger partial charge in [-0.1, -0.05) is 0 Å². The van der Waals surface area contributed by atoms with Crippen molar-refractivity contribution in [1.29, 1.82) is 5.26 Å². The molecule has 1 unspecified atom stereocenters. The first kappa shape index (κ1) is 9.84. The molecule has 0 aromatic heterocycles. The number of hydrogen-bond donors (Lipinski definition) is 1. The lowest BCUT2D eigenvalue weighted by Crippen LogP contribution is -2.34. The normalized spacial score (nSPS) is 28.3. The second-order valence-corrected chi connectivity index (χ2v) is 2.99. The van der Waals surface area contributed by atoms with Crippen LogP contribution in [0.4, 0.5) is 13.2 Å². The Kier molecular flexibility index (Phi) is 2.20. The fourth-order valence-electron chi connectivity index (χ4n) is 1.33. The lowest BCUT2D eigenvalue weighted by atomic mass is 9.84. The van der Waals surface area contributed by atoms with E-state index in [-0.39, 0.29) is 13.0 Å². The Bertz CT molecular complexity index is 268. The van der Waals surface area contributed by atoms with Gasteiger partial charge in [0.15, 0.2) is 0 Å². The third-order valence-corrected chi connectivity index (χ3v) is 1.99. The van der Waals surface area contributed by atoms with E-state index in [1.54, 1.807) is 0 Å². The van der Waals surface area contributed by atoms with E-state index >= 15 is 0 Å². The maximum absolute atomic E-state index is 12.0. The van der Waals surface area contributed by atoms with Crippen LogP contribution < -0.4 is 5.32 Å². The summed E-state index contributed by atoms with van der Waals surface area (Å²) in [5, 5.41) is 10.8. The minimum Gasteiger partial charge on any atom is -0.355 e. The van der Waals surface area contributed by atoms with E-state index in [9.17, 15) is 18.0 Å².